The van der Waals surface area contributed by atoms with Crippen molar-refractivity contribution in [2.75, 3.05) is 10.6 Å². The molecule has 5 heteroatoms. The van der Waals surface area contributed by atoms with Gasteiger partial charge in [-0.3, -0.25) is 0 Å². The van der Waals surface area contributed by atoms with Gasteiger partial charge in [0.25, 0.3) is 0 Å². The van der Waals surface area contributed by atoms with E-state index in [1.807, 2.05) is 42.5 Å². The number of hydrogen-bond acceptors (Lipinski definition) is 4. The molecule has 1 heterocycles. The zero-order chi connectivity index (χ0) is 17.9. The van der Waals surface area contributed by atoms with E-state index in [0.717, 1.165) is 26.3 Å². The summed E-state index contributed by atoms with van der Waals surface area (Å²) < 4.78 is 1.14. The van der Waals surface area contributed by atoms with E-state index >= 15 is 0 Å². The Kier molecular flexibility index (Phi) is 5.22. The maximum atomic E-state index is 4.69. The van der Waals surface area contributed by atoms with Crippen LogP contribution >= 0.6 is 22.6 Å². The van der Waals surface area contributed by atoms with Crippen molar-refractivity contribution in [1.29, 1.82) is 0 Å². The molecule has 0 aliphatic rings. The molecule has 0 saturated heterocycles. The molecule has 25 heavy (non-hydrogen) atoms. The molecule has 0 radical (unpaired) electrons. The monoisotopic (exact) mass is 444 g/mol. The second-order valence-electron chi connectivity index (χ2n) is 6.81. The Bertz CT molecular complexity index is 857. The highest BCUT2D eigenvalue weighted by Crippen LogP contribution is 2.26. The summed E-state index contributed by atoms with van der Waals surface area (Å²) in [6.07, 6.45) is 0. The van der Waals surface area contributed by atoms with Gasteiger partial charge in [0.2, 0.25) is 5.95 Å². The molecular formula is C20H21IN4. The summed E-state index contributed by atoms with van der Waals surface area (Å²) in [4.78, 5) is 9.33. The third kappa shape index (κ3) is 4.92. The first kappa shape index (κ1) is 17.7. The second-order valence-corrected chi connectivity index (χ2v) is 7.97. The summed E-state index contributed by atoms with van der Waals surface area (Å²) >= 11 is 2.32. The molecule has 4 nitrogen and oxygen atoms in total. The fourth-order valence-corrected chi connectivity index (χ4v) is 2.88. The molecule has 2 N–H and O–H groups in total. The number of nitrogens with zero attached hydrogens (tertiary/aromatic N) is 2. The van der Waals surface area contributed by atoms with Crippen LogP contribution in [0.2, 0.25) is 0 Å². The molecule has 2 aromatic carbocycles. The smallest absolute Gasteiger partial charge is 0.225 e. The number of benzene rings is 2. The van der Waals surface area contributed by atoms with Crippen LogP contribution in [0.1, 0.15) is 20.8 Å². The minimum absolute atomic E-state index is 0.117. The predicted molar refractivity (Wildman–Crippen MR) is 113 cm³/mol. The van der Waals surface area contributed by atoms with Gasteiger partial charge < -0.3 is 10.6 Å². The molecule has 1 aromatic heterocycles. The number of rotatable bonds is 4. The SMILES string of the molecule is CC(C)(C)Nc1nc(Nc2ccccc2I)cc(-c2ccccc2)n1. The molecular weight excluding hydrogens is 423 g/mol. The van der Waals surface area contributed by atoms with Crippen molar-refractivity contribution in [3.63, 3.8) is 0 Å². The van der Waals surface area contributed by atoms with Crippen LogP contribution in [-0.2, 0) is 0 Å². The number of anilines is 3. The molecule has 0 aliphatic heterocycles. The number of halogens is 1. The number of para-hydroxylation sites is 1. The van der Waals surface area contributed by atoms with Crippen molar-refractivity contribution in [3.8, 4) is 11.3 Å². The molecule has 0 amide bonds. The van der Waals surface area contributed by atoms with Crippen LogP contribution in [0.25, 0.3) is 11.3 Å². The van der Waals surface area contributed by atoms with E-state index in [9.17, 15) is 0 Å². The Morgan fingerprint density at radius 3 is 2.24 bits per heavy atom. The van der Waals surface area contributed by atoms with Crippen molar-refractivity contribution in [1.82, 2.24) is 9.97 Å². The van der Waals surface area contributed by atoms with Gasteiger partial charge in [-0.1, -0.05) is 42.5 Å². The standard InChI is InChI=1S/C20H21IN4/c1-20(2,3)25-19-23-17(14-9-5-4-6-10-14)13-18(24-19)22-16-12-8-7-11-15(16)21/h4-13H,1-3H3,(H2,22,23,24,25). The molecule has 0 bridgehead atoms. The van der Waals surface area contributed by atoms with Gasteiger partial charge in [-0.25, -0.2) is 4.98 Å². The first-order valence-electron chi connectivity index (χ1n) is 8.15. The average Bonchev–Trinajstić information content (AvgIpc) is 2.56. The summed E-state index contributed by atoms with van der Waals surface area (Å²) in [5.41, 5.74) is 2.86. The van der Waals surface area contributed by atoms with E-state index in [4.69, 9.17) is 0 Å². The second kappa shape index (κ2) is 7.39. The summed E-state index contributed by atoms with van der Waals surface area (Å²) in [5.74, 6) is 1.38. The summed E-state index contributed by atoms with van der Waals surface area (Å²) in [6.45, 7) is 6.29. The van der Waals surface area contributed by atoms with Crippen molar-refractivity contribution >= 4 is 40.0 Å². The largest absolute Gasteiger partial charge is 0.350 e. The van der Waals surface area contributed by atoms with Crippen LogP contribution in [0.3, 0.4) is 0 Å². The average molecular weight is 444 g/mol. The highest BCUT2D eigenvalue weighted by molar-refractivity contribution is 14.1. The Morgan fingerprint density at radius 2 is 1.56 bits per heavy atom. The molecule has 0 spiro atoms. The highest BCUT2D eigenvalue weighted by Gasteiger charge is 2.14. The molecule has 0 unspecified atom stereocenters. The van der Waals surface area contributed by atoms with Gasteiger partial charge in [0.05, 0.1) is 11.4 Å². The molecule has 128 valence electrons. The summed E-state index contributed by atoms with van der Waals surface area (Å²) in [6, 6.07) is 20.3. The Hall–Kier alpha value is -2.15. The summed E-state index contributed by atoms with van der Waals surface area (Å²) in [5, 5.41) is 6.78. The molecule has 3 rings (SSSR count). The number of nitrogens with one attached hydrogen (secondary N) is 2. The molecule has 0 atom stereocenters. The molecule has 0 aliphatic carbocycles. The van der Waals surface area contributed by atoms with E-state index < -0.39 is 0 Å². The first-order valence-corrected chi connectivity index (χ1v) is 9.23. The van der Waals surface area contributed by atoms with Crippen LogP contribution in [0.15, 0.2) is 60.7 Å². The number of aromatic nitrogens is 2. The fourth-order valence-electron chi connectivity index (χ4n) is 2.36. The molecule has 0 fully saturated rings. The lowest BCUT2D eigenvalue weighted by Crippen LogP contribution is -2.27. The van der Waals surface area contributed by atoms with Gasteiger partial charge in [0, 0.05) is 20.7 Å². The number of hydrogen-bond donors (Lipinski definition) is 2. The maximum absolute atomic E-state index is 4.69. The van der Waals surface area contributed by atoms with Crippen LogP contribution in [-0.4, -0.2) is 15.5 Å². The van der Waals surface area contributed by atoms with Crippen LogP contribution in [0.5, 0.6) is 0 Å². The van der Waals surface area contributed by atoms with Gasteiger partial charge in [-0.15, -0.1) is 0 Å². The lowest BCUT2D eigenvalue weighted by molar-refractivity contribution is 0.626. The van der Waals surface area contributed by atoms with Gasteiger partial charge >= 0.3 is 0 Å². The third-order valence-electron chi connectivity index (χ3n) is 3.42. The molecule has 3 aromatic rings. The Labute approximate surface area is 162 Å². The van der Waals surface area contributed by atoms with Crippen LogP contribution in [0, 0.1) is 3.57 Å². The summed E-state index contributed by atoms with van der Waals surface area (Å²) in [7, 11) is 0. The van der Waals surface area contributed by atoms with Crippen LogP contribution < -0.4 is 10.6 Å². The van der Waals surface area contributed by atoms with Crippen molar-refractivity contribution < 1.29 is 0 Å². The Balaban J connectivity index is 2.02. The van der Waals surface area contributed by atoms with E-state index in [1.165, 1.54) is 0 Å². The quantitative estimate of drug-likeness (QED) is 0.507. The first-order chi connectivity index (χ1) is 11.9. The predicted octanol–water partition coefficient (Wildman–Crippen LogP) is 5.70. The van der Waals surface area contributed by atoms with Gasteiger partial charge in [0.15, 0.2) is 0 Å². The third-order valence-corrected chi connectivity index (χ3v) is 4.36. The van der Waals surface area contributed by atoms with Gasteiger partial charge in [0.1, 0.15) is 5.82 Å². The van der Waals surface area contributed by atoms with E-state index in [1.54, 1.807) is 0 Å². The van der Waals surface area contributed by atoms with E-state index in [-0.39, 0.29) is 5.54 Å². The lowest BCUT2D eigenvalue weighted by atomic mass is 10.1. The highest BCUT2D eigenvalue weighted by atomic mass is 127. The Morgan fingerprint density at radius 1 is 0.880 bits per heavy atom. The zero-order valence-electron chi connectivity index (χ0n) is 14.5. The normalized spacial score (nSPS) is 11.2. The van der Waals surface area contributed by atoms with Crippen LogP contribution in [0.4, 0.5) is 17.5 Å². The lowest BCUT2D eigenvalue weighted by Gasteiger charge is -2.21. The van der Waals surface area contributed by atoms with E-state index in [0.29, 0.717) is 5.95 Å². The van der Waals surface area contributed by atoms with Crippen molar-refractivity contribution in [3.05, 3.63) is 64.2 Å². The minimum atomic E-state index is -0.117. The minimum Gasteiger partial charge on any atom is -0.350 e. The van der Waals surface area contributed by atoms with Crippen molar-refractivity contribution in [2.24, 2.45) is 0 Å². The van der Waals surface area contributed by atoms with Gasteiger partial charge in [-0.05, 0) is 55.5 Å². The van der Waals surface area contributed by atoms with Crippen molar-refractivity contribution in [2.45, 2.75) is 26.3 Å². The zero-order valence-corrected chi connectivity index (χ0v) is 16.7. The van der Waals surface area contributed by atoms with Gasteiger partial charge in [-0.2, -0.15) is 4.98 Å². The fraction of sp³-hybridized carbons (Fsp3) is 0.200. The van der Waals surface area contributed by atoms with E-state index in [2.05, 4.69) is 82.2 Å². The molecule has 0 saturated carbocycles. The topological polar surface area (TPSA) is 49.8 Å². The maximum Gasteiger partial charge on any atom is 0.225 e.